The zero-order chi connectivity index (χ0) is 24.5. The van der Waals surface area contributed by atoms with Crippen LogP contribution in [0.3, 0.4) is 0 Å². The molecule has 0 radical (unpaired) electrons. The van der Waals surface area contributed by atoms with Crippen molar-refractivity contribution in [2.75, 3.05) is 5.32 Å². The van der Waals surface area contributed by atoms with Gasteiger partial charge in [-0.3, -0.25) is 9.59 Å². The maximum absolute atomic E-state index is 13.0. The Morgan fingerprint density at radius 3 is 2.47 bits per heavy atom. The van der Waals surface area contributed by atoms with Gasteiger partial charge in [0.15, 0.2) is 11.6 Å². The molecule has 4 aromatic rings. The van der Waals surface area contributed by atoms with Crippen molar-refractivity contribution in [3.05, 3.63) is 77.7 Å². The molecule has 0 aliphatic heterocycles. The number of carbonyl (C=O) groups is 2. The number of alkyl halides is 3. The van der Waals surface area contributed by atoms with Crippen LogP contribution < -0.4 is 11.1 Å². The number of amides is 1. The molecule has 3 N–H and O–H groups in total. The number of nitrogens with one attached hydrogen (secondary N) is 1. The van der Waals surface area contributed by atoms with Gasteiger partial charge < -0.3 is 15.5 Å². The highest BCUT2D eigenvalue weighted by atomic mass is 19.4. The number of hydrogen-bond donors (Lipinski definition) is 2. The average Bonchev–Trinajstić information content (AvgIpc) is 3.26. The minimum absolute atomic E-state index is 0.0383. The van der Waals surface area contributed by atoms with Gasteiger partial charge in [-0.15, -0.1) is 0 Å². The summed E-state index contributed by atoms with van der Waals surface area (Å²) in [7, 11) is 0. The zero-order valence-corrected chi connectivity index (χ0v) is 17.9. The highest BCUT2D eigenvalue weighted by Crippen LogP contribution is 2.29. The topological polar surface area (TPSA) is 111 Å². The number of halogens is 3. The summed E-state index contributed by atoms with van der Waals surface area (Å²) in [6, 6.07) is 12.0. The van der Waals surface area contributed by atoms with Crippen molar-refractivity contribution in [3.8, 4) is 11.4 Å². The summed E-state index contributed by atoms with van der Waals surface area (Å²) in [6.45, 7) is 1.55. The van der Waals surface area contributed by atoms with Crippen LogP contribution in [0.15, 0.2) is 65.3 Å². The van der Waals surface area contributed by atoms with Crippen LogP contribution in [-0.2, 0) is 17.4 Å². The molecule has 34 heavy (non-hydrogen) atoms. The van der Waals surface area contributed by atoms with Crippen molar-refractivity contribution in [2.45, 2.75) is 25.6 Å². The first kappa shape index (κ1) is 23.0. The van der Waals surface area contributed by atoms with Crippen molar-refractivity contribution in [1.29, 1.82) is 0 Å². The number of rotatable bonds is 7. The number of aromatic nitrogens is 2. The second kappa shape index (κ2) is 8.97. The van der Waals surface area contributed by atoms with E-state index in [9.17, 15) is 22.8 Å². The van der Waals surface area contributed by atoms with Crippen molar-refractivity contribution in [1.82, 2.24) is 9.97 Å². The van der Waals surface area contributed by atoms with Gasteiger partial charge >= 0.3 is 6.18 Å². The Hall–Kier alpha value is -4.21. The summed E-state index contributed by atoms with van der Waals surface area (Å²) in [5.74, 6) is -0.611. The van der Waals surface area contributed by atoms with Crippen LogP contribution in [0.2, 0.25) is 0 Å². The second-order valence-corrected chi connectivity index (χ2v) is 7.70. The molecule has 7 nitrogen and oxygen atoms in total. The molecule has 4 rings (SSSR count). The number of hydrogen-bond acceptors (Lipinski definition) is 6. The molecule has 2 heterocycles. The van der Waals surface area contributed by atoms with E-state index < -0.39 is 29.5 Å². The molecule has 1 amide bonds. The minimum atomic E-state index is -4.46. The summed E-state index contributed by atoms with van der Waals surface area (Å²) in [4.78, 5) is 33.2. The van der Waals surface area contributed by atoms with Crippen molar-refractivity contribution >= 4 is 28.5 Å². The Labute approximate surface area is 191 Å². The van der Waals surface area contributed by atoms with Gasteiger partial charge in [0.25, 0.3) is 0 Å². The molecule has 0 saturated carbocycles. The smallest absolute Gasteiger partial charge is 0.416 e. The van der Waals surface area contributed by atoms with Crippen molar-refractivity contribution < 1.29 is 27.2 Å². The SMILES string of the molecule is C[C@H](Nc1cc(C(=O)Cc2ccc(C(F)(F)F)cc2)nc(-c2ccc3occc3c2)n1)C(N)=O. The van der Waals surface area contributed by atoms with Gasteiger partial charge in [-0.25, -0.2) is 9.97 Å². The molecule has 2 aromatic heterocycles. The van der Waals surface area contributed by atoms with Gasteiger partial charge in [0.2, 0.25) is 5.91 Å². The zero-order valence-electron chi connectivity index (χ0n) is 17.9. The quantitative estimate of drug-likeness (QED) is 0.383. The lowest BCUT2D eigenvalue weighted by molar-refractivity contribution is -0.137. The third-order valence-corrected chi connectivity index (χ3v) is 5.16. The average molecular weight is 468 g/mol. The normalized spacial score (nSPS) is 12.5. The number of nitrogens with zero attached hydrogens (tertiary/aromatic N) is 2. The van der Waals surface area contributed by atoms with Gasteiger partial charge in [-0.05, 0) is 48.9 Å². The highest BCUT2D eigenvalue weighted by Gasteiger charge is 2.30. The monoisotopic (exact) mass is 468 g/mol. The summed E-state index contributed by atoms with van der Waals surface area (Å²) < 4.78 is 43.8. The minimum Gasteiger partial charge on any atom is -0.464 e. The Morgan fingerprint density at radius 1 is 1.06 bits per heavy atom. The van der Waals surface area contributed by atoms with Crippen LogP contribution in [-0.4, -0.2) is 27.7 Å². The number of anilines is 1. The summed E-state index contributed by atoms with van der Waals surface area (Å²) in [5, 5.41) is 3.65. The van der Waals surface area contributed by atoms with E-state index in [1.54, 1.807) is 37.5 Å². The largest absolute Gasteiger partial charge is 0.464 e. The fraction of sp³-hybridized carbons (Fsp3) is 0.167. The number of nitrogens with two attached hydrogens (primary N) is 1. The second-order valence-electron chi connectivity index (χ2n) is 7.70. The van der Waals surface area contributed by atoms with E-state index in [4.69, 9.17) is 10.2 Å². The fourth-order valence-electron chi connectivity index (χ4n) is 3.28. The van der Waals surface area contributed by atoms with Crippen LogP contribution in [0.1, 0.15) is 28.5 Å². The van der Waals surface area contributed by atoms with Crippen LogP contribution in [0, 0.1) is 0 Å². The van der Waals surface area contributed by atoms with Crippen molar-refractivity contribution in [3.63, 3.8) is 0 Å². The lowest BCUT2D eigenvalue weighted by Gasteiger charge is -2.13. The number of furan rings is 1. The highest BCUT2D eigenvalue weighted by molar-refractivity contribution is 5.97. The first-order valence-electron chi connectivity index (χ1n) is 10.2. The molecular weight excluding hydrogens is 449 g/mol. The number of benzene rings is 2. The lowest BCUT2D eigenvalue weighted by atomic mass is 10.0. The van der Waals surface area contributed by atoms with Gasteiger partial charge in [0.05, 0.1) is 11.8 Å². The van der Waals surface area contributed by atoms with Crippen LogP contribution >= 0.6 is 0 Å². The van der Waals surface area contributed by atoms with E-state index in [1.807, 2.05) is 0 Å². The van der Waals surface area contributed by atoms with Crippen LogP contribution in [0.25, 0.3) is 22.4 Å². The number of Topliss-reactive ketones (excluding diaryl/α,β-unsaturated/α-hetero) is 1. The van der Waals surface area contributed by atoms with Gasteiger partial charge in [-0.1, -0.05) is 12.1 Å². The number of primary amides is 1. The van der Waals surface area contributed by atoms with E-state index in [1.165, 1.54) is 18.2 Å². The Bertz CT molecular complexity index is 1360. The molecule has 2 aromatic carbocycles. The number of ketones is 1. The van der Waals surface area contributed by atoms with Gasteiger partial charge in [-0.2, -0.15) is 13.2 Å². The molecule has 0 aliphatic rings. The molecule has 0 unspecified atom stereocenters. The number of fused-ring (bicyclic) bond motifs is 1. The Morgan fingerprint density at radius 2 is 1.79 bits per heavy atom. The third-order valence-electron chi connectivity index (χ3n) is 5.16. The molecule has 1 atom stereocenters. The van der Waals surface area contributed by atoms with Crippen LogP contribution in [0.5, 0.6) is 0 Å². The van der Waals surface area contributed by atoms with E-state index in [0.717, 1.165) is 17.5 Å². The first-order chi connectivity index (χ1) is 16.1. The van der Waals surface area contributed by atoms with Crippen molar-refractivity contribution in [2.24, 2.45) is 5.73 Å². The van der Waals surface area contributed by atoms with E-state index in [2.05, 4.69) is 15.3 Å². The first-order valence-corrected chi connectivity index (χ1v) is 10.2. The molecule has 0 spiro atoms. The Balaban J connectivity index is 1.67. The molecule has 0 fully saturated rings. The maximum atomic E-state index is 13.0. The summed E-state index contributed by atoms with van der Waals surface area (Å²) in [5.41, 5.74) is 6.24. The third kappa shape index (κ3) is 5.06. The molecule has 10 heteroatoms. The molecular formula is C24H19F3N4O3. The molecule has 0 saturated heterocycles. The maximum Gasteiger partial charge on any atom is 0.416 e. The standard InChI is InChI=1S/C24H19F3N4O3/c1-13(22(28)33)29-21-12-18(19(32)10-14-2-5-17(6-3-14)24(25,26)27)30-23(31-21)16-4-7-20-15(11-16)8-9-34-20/h2-9,11-13H,10H2,1H3,(H2,28,33)(H,29,30,31)/t13-/m0/s1. The lowest BCUT2D eigenvalue weighted by Crippen LogP contribution is -2.33. The summed E-state index contributed by atoms with van der Waals surface area (Å²) in [6.07, 6.45) is -3.08. The summed E-state index contributed by atoms with van der Waals surface area (Å²) >= 11 is 0. The predicted molar refractivity (Wildman–Crippen MR) is 119 cm³/mol. The van der Waals surface area contributed by atoms with Gasteiger partial charge in [0, 0.05) is 23.4 Å². The molecule has 174 valence electrons. The number of carbonyl (C=O) groups excluding carboxylic acids is 2. The van der Waals surface area contributed by atoms with E-state index in [-0.39, 0.29) is 23.8 Å². The van der Waals surface area contributed by atoms with Gasteiger partial charge in [0.1, 0.15) is 23.1 Å². The molecule has 0 bridgehead atoms. The predicted octanol–water partition coefficient (Wildman–Crippen LogP) is 4.62. The Kier molecular flexibility index (Phi) is 6.06. The fourth-order valence-corrected chi connectivity index (χ4v) is 3.28. The van der Waals surface area contributed by atoms with Crippen LogP contribution in [0.4, 0.5) is 19.0 Å². The molecule has 0 aliphatic carbocycles. The van der Waals surface area contributed by atoms with E-state index in [0.29, 0.717) is 16.7 Å². The van der Waals surface area contributed by atoms with E-state index >= 15 is 0 Å².